The molecule has 74 heavy (non-hydrogen) atoms. The first-order chi connectivity index (χ1) is 36.7. The Kier molecular flexibility index (Phi) is 7.90. The largest absolute Gasteiger partial charge is 0.310 e. The van der Waals surface area contributed by atoms with Crippen molar-refractivity contribution in [3.63, 3.8) is 0 Å². The molecule has 13 aromatic rings. The monoisotopic (exact) mass is 936 g/mol. The quantitative estimate of drug-likeness (QED) is 0.171. The van der Waals surface area contributed by atoms with Crippen molar-refractivity contribution in [1.82, 2.24) is 4.57 Å². The number of anilines is 3. The summed E-state index contributed by atoms with van der Waals surface area (Å²) in [7, 11) is 0. The molecule has 4 aliphatic rings. The topological polar surface area (TPSA) is 8.17 Å². The van der Waals surface area contributed by atoms with Crippen molar-refractivity contribution in [3.05, 3.63) is 311 Å². The van der Waals surface area contributed by atoms with E-state index >= 15 is 0 Å². The van der Waals surface area contributed by atoms with Gasteiger partial charge in [0.1, 0.15) is 0 Å². The molecule has 2 spiro atoms. The molecule has 1 aromatic heterocycles. The van der Waals surface area contributed by atoms with Crippen molar-refractivity contribution >= 4 is 49.6 Å². The van der Waals surface area contributed by atoms with Crippen LogP contribution in [0, 0.1) is 0 Å². The van der Waals surface area contributed by atoms with Gasteiger partial charge in [0.05, 0.1) is 33.2 Å². The summed E-state index contributed by atoms with van der Waals surface area (Å²) >= 11 is 0. The van der Waals surface area contributed by atoms with Crippen LogP contribution in [0.1, 0.15) is 44.5 Å². The van der Waals surface area contributed by atoms with E-state index in [1.54, 1.807) is 0 Å². The lowest BCUT2D eigenvalue weighted by atomic mass is 9.65. The van der Waals surface area contributed by atoms with E-state index in [4.69, 9.17) is 0 Å². The van der Waals surface area contributed by atoms with Crippen LogP contribution in [-0.2, 0) is 10.8 Å². The van der Waals surface area contributed by atoms with Crippen LogP contribution >= 0.6 is 0 Å². The summed E-state index contributed by atoms with van der Waals surface area (Å²) in [5, 5.41) is 5.05. The predicted molar refractivity (Wildman–Crippen MR) is 306 cm³/mol. The van der Waals surface area contributed by atoms with E-state index in [0.717, 1.165) is 17.1 Å². The maximum atomic E-state index is 2.57. The fourth-order valence-electron chi connectivity index (χ4n) is 14.7. The van der Waals surface area contributed by atoms with Gasteiger partial charge < -0.3 is 9.47 Å². The average molecular weight is 937 g/mol. The highest BCUT2D eigenvalue weighted by Gasteiger charge is 2.54. The second kappa shape index (κ2) is 14.6. The molecule has 12 aromatic carbocycles. The Balaban J connectivity index is 0.978. The van der Waals surface area contributed by atoms with E-state index < -0.39 is 10.8 Å². The number of para-hydroxylation sites is 2. The number of hydrogen-bond donors (Lipinski definition) is 0. The fourth-order valence-corrected chi connectivity index (χ4v) is 14.7. The number of hydrogen-bond acceptors (Lipinski definition) is 1. The fraction of sp³-hybridized carbons (Fsp3) is 0.0278. The second-order valence-corrected chi connectivity index (χ2v) is 20.6. The number of aromatic nitrogens is 1. The highest BCUT2D eigenvalue weighted by atomic mass is 15.1. The Morgan fingerprint density at radius 2 is 0.757 bits per heavy atom. The summed E-state index contributed by atoms with van der Waals surface area (Å²) in [6, 6.07) is 101. The third kappa shape index (κ3) is 4.86. The molecule has 0 unspecified atom stereocenters. The highest BCUT2D eigenvalue weighted by Crippen LogP contribution is 2.66. The van der Waals surface area contributed by atoms with Crippen molar-refractivity contribution < 1.29 is 0 Å². The van der Waals surface area contributed by atoms with Crippen molar-refractivity contribution in [1.29, 1.82) is 0 Å². The zero-order valence-corrected chi connectivity index (χ0v) is 40.3. The molecule has 0 saturated carbocycles. The summed E-state index contributed by atoms with van der Waals surface area (Å²) in [5.74, 6) is 0. The third-order valence-electron chi connectivity index (χ3n) is 17.4. The highest BCUT2D eigenvalue weighted by molar-refractivity contribution is 6.13. The third-order valence-corrected chi connectivity index (χ3v) is 17.4. The smallest absolute Gasteiger partial charge is 0.0755 e. The minimum atomic E-state index is -0.598. The van der Waals surface area contributed by atoms with Gasteiger partial charge >= 0.3 is 0 Å². The molecular weight excluding hydrogens is 893 g/mol. The maximum Gasteiger partial charge on any atom is 0.0755 e. The predicted octanol–water partition coefficient (Wildman–Crippen LogP) is 18.1. The van der Waals surface area contributed by atoms with Crippen LogP contribution in [0.25, 0.3) is 82.8 Å². The van der Waals surface area contributed by atoms with Crippen LogP contribution in [0.15, 0.2) is 267 Å². The van der Waals surface area contributed by atoms with Crippen LogP contribution in [-0.4, -0.2) is 4.57 Å². The zero-order chi connectivity index (χ0) is 48.3. The molecule has 2 nitrogen and oxygen atoms in total. The van der Waals surface area contributed by atoms with Crippen LogP contribution in [0.3, 0.4) is 0 Å². The lowest BCUT2D eigenvalue weighted by molar-refractivity contribution is 0.748. The summed E-state index contributed by atoms with van der Waals surface area (Å²) in [5.41, 5.74) is 26.7. The lowest BCUT2D eigenvalue weighted by Gasteiger charge is -2.40. The molecule has 2 heteroatoms. The number of nitrogens with zero attached hydrogens (tertiary/aromatic N) is 2. The molecule has 0 amide bonds. The van der Waals surface area contributed by atoms with Crippen molar-refractivity contribution in [2.75, 3.05) is 4.90 Å². The Hall–Kier alpha value is -9.50. The summed E-state index contributed by atoms with van der Waals surface area (Å²) < 4.78 is 2.56. The SMILES string of the molecule is c1ccc2c(c1)-c1ccccc1C21c2ccccc2-c2c(N(c3ccc(-c4cccc5ccccc45)cc3)c3ccc4c(c3)C3(c5ccccc5-c5ccccc53)c3cccc5c6ccccc6n-4c35)cccc21. The lowest BCUT2D eigenvalue weighted by Crippen LogP contribution is -2.33. The van der Waals surface area contributed by atoms with E-state index in [1.165, 1.54) is 127 Å². The van der Waals surface area contributed by atoms with Crippen molar-refractivity contribution in [3.8, 4) is 50.2 Å². The van der Waals surface area contributed by atoms with Crippen LogP contribution < -0.4 is 4.90 Å². The van der Waals surface area contributed by atoms with Gasteiger partial charge in [0.25, 0.3) is 0 Å². The molecule has 0 N–H and O–H groups in total. The van der Waals surface area contributed by atoms with Crippen molar-refractivity contribution in [2.45, 2.75) is 10.8 Å². The number of benzene rings is 12. The standard InChI is InChI=1S/C72H44N2/c1-2-20-49-45(18-1)19-15-27-50(49)46-38-40-47(41-39-46)73(68-37-17-34-63-69(68)57-26-7-13-33-62(57)71(63)58-29-9-3-21-51(58)52-22-4-10-30-59(52)71)48-42-43-67-65(44-48)72(60-31-11-5-23-53(60)54-24-6-12-32-61(54)72)64-35-16-28-56-55-25-8-14-36-66(55)74(67)70(56)64/h1-44H. The molecule has 0 atom stereocenters. The maximum absolute atomic E-state index is 2.57. The van der Waals surface area contributed by atoms with Crippen molar-refractivity contribution in [2.24, 2.45) is 0 Å². The van der Waals surface area contributed by atoms with Crippen LogP contribution in [0.4, 0.5) is 17.1 Å². The Bertz CT molecular complexity index is 4470. The molecule has 0 bridgehead atoms. The summed E-state index contributed by atoms with van der Waals surface area (Å²) in [4.78, 5) is 2.57. The molecule has 0 saturated heterocycles. The minimum absolute atomic E-state index is 0.485. The molecule has 3 aliphatic carbocycles. The van der Waals surface area contributed by atoms with Gasteiger partial charge in [0.15, 0.2) is 0 Å². The second-order valence-electron chi connectivity index (χ2n) is 20.6. The van der Waals surface area contributed by atoms with E-state index in [-0.39, 0.29) is 0 Å². The van der Waals surface area contributed by atoms with E-state index in [2.05, 4.69) is 276 Å². The van der Waals surface area contributed by atoms with Crippen LogP contribution in [0.2, 0.25) is 0 Å². The number of fused-ring (bicyclic) bond motifs is 23. The van der Waals surface area contributed by atoms with Gasteiger partial charge in [0, 0.05) is 27.7 Å². The summed E-state index contributed by atoms with van der Waals surface area (Å²) in [6.07, 6.45) is 0. The first-order valence-electron chi connectivity index (χ1n) is 25.9. The van der Waals surface area contributed by atoms with Gasteiger partial charge in [-0.25, -0.2) is 0 Å². The number of rotatable bonds is 4. The van der Waals surface area contributed by atoms with Gasteiger partial charge in [-0.05, 0) is 137 Å². The molecule has 1 aliphatic heterocycles. The molecule has 342 valence electrons. The molecular formula is C72H44N2. The Morgan fingerprint density at radius 1 is 0.297 bits per heavy atom. The van der Waals surface area contributed by atoms with Gasteiger partial charge in [-0.3, -0.25) is 0 Å². The minimum Gasteiger partial charge on any atom is -0.310 e. The summed E-state index contributed by atoms with van der Waals surface area (Å²) in [6.45, 7) is 0. The Labute approximate surface area is 429 Å². The first-order valence-corrected chi connectivity index (χ1v) is 25.9. The van der Waals surface area contributed by atoms with Gasteiger partial charge in [-0.1, -0.05) is 224 Å². The van der Waals surface area contributed by atoms with E-state index in [0.29, 0.717) is 0 Å². The molecule has 17 rings (SSSR count). The Morgan fingerprint density at radius 3 is 1.43 bits per heavy atom. The van der Waals surface area contributed by atoms with E-state index in [9.17, 15) is 0 Å². The molecule has 0 radical (unpaired) electrons. The average Bonchev–Trinajstić information content (AvgIpc) is 4.23. The first kappa shape index (κ1) is 40.1. The van der Waals surface area contributed by atoms with E-state index in [1.807, 2.05) is 0 Å². The molecule has 2 heterocycles. The zero-order valence-electron chi connectivity index (χ0n) is 40.3. The molecule has 0 fully saturated rings. The van der Waals surface area contributed by atoms with Gasteiger partial charge in [0.2, 0.25) is 0 Å². The normalized spacial score (nSPS) is 14.2. The van der Waals surface area contributed by atoms with Gasteiger partial charge in [-0.15, -0.1) is 0 Å². The van der Waals surface area contributed by atoms with Gasteiger partial charge in [-0.2, -0.15) is 0 Å². The van der Waals surface area contributed by atoms with Crippen LogP contribution in [0.5, 0.6) is 0 Å².